The Morgan fingerprint density at radius 3 is 2.95 bits per heavy atom. The zero-order valence-electron chi connectivity index (χ0n) is 12.3. The molecule has 110 valence electrons. The standard InChI is InChI=1S/C15H22N2O3/c1-4-17-10-6-9-13(17)16(2)15(19)14-11(18)7-5-8-12(14)20-3/h5,7-8,13,18H,4,6,9-10H2,1-3H3/t13-/m1/s1. The number of nitrogens with zero attached hydrogens (tertiary/aromatic N) is 2. The molecule has 1 aliphatic rings. The van der Waals surface area contributed by atoms with Gasteiger partial charge in [-0.25, -0.2) is 0 Å². The number of amides is 1. The number of benzene rings is 1. The quantitative estimate of drug-likeness (QED) is 0.914. The molecule has 1 atom stereocenters. The molecule has 20 heavy (non-hydrogen) atoms. The first-order valence-electron chi connectivity index (χ1n) is 6.97. The highest BCUT2D eigenvalue weighted by atomic mass is 16.5. The second-order valence-corrected chi connectivity index (χ2v) is 5.02. The molecule has 5 heteroatoms. The largest absolute Gasteiger partial charge is 0.507 e. The van der Waals surface area contributed by atoms with Crippen LogP contribution in [0.5, 0.6) is 11.5 Å². The van der Waals surface area contributed by atoms with E-state index in [9.17, 15) is 9.90 Å². The number of carbonyl (C=O) groups excluding carboxylic acids is 1. The molecule has 2 rings (SSSR count). The van der Waals surface area contributed by atoms with E-state index in [0.717, 1.165) is 25.9 Å². The molecule has 1 aromatic carbocycles. The van der Waals surface area contributed by atoms with Gasteiger partial charge in [-0.1, -0.05) is 13.0 Å². The van der Waals surface area contributed by atoms with Crippen molar-refractivity contribution in [3.05, 3.63) is 23.8 Å². The summed E-state index contributed by atoms with van der Waals surface area (Å²) in [5, 5.41) is 9.97. The second-order valence-electron chi connectivity index (χ2n) is 5.02. The molecule has 0 radical (unpaired) electrons. The summed E-state index contributed by atoms with van der Waals surface area (Å²) < 4.78 is 5.19. The lowest BCUT2D eigenvalue weighted by molar-refractivity contribution is 0.0541. The van der Waals surface area contributed by atoms with Gasteiger partial charge >= 0.3 is 0 Å². The number of carbonyl (C=O) groups is 1. The number of hydrogen-bond donors (Lipinski definition) is 1. The molecule has 1 aromatic rings. The van der Waals surface area contributed by atoms with E-state index in [1.165, 1.54) is 13.2 Å². The lowest BCUT2D eigenvalue weighted by Crippen LogP contribution is -2.45. The topological polar surface area (TPSA) is 53.0 Å². The van der Waals surface area contributed by atoms with Crippen LogP contribution in [0.2, 0.25) is 0 Å². The van der Waals surface area contributed by atoms with Gasteiger partial charge in [0.15, 0.2) is 0 Å². The molecule has 0 bridgehead atoms. The van der Waals surface area contributed by atoms with Crippen molar-refractivity contribution in [2.45, 2.75) is 25.9 Å². The van der Waals surface area contributed by atoms with Gasteiger partial charge in [-0.05, 0) is 31.5 Å². The fourth-order valence-electron chi connectivity index (χ4n) is 2.83. The molecule has 1 saturated heterocycles. The lowest BCUT2D eigenvalue weighted by atomic mass is 10.1. The highest BCUT2D eigenvalue weighted by molar-refractivity contribution is 5.99. The molecule has 0 spiro atoms. The van der Waals surface area contributed by atoms with Crippen molar-refractivity contribution in [2.75, 3.05) is 27.2 Å². The van der Waals surface area contributed by atoms with Crippen LogP contribution in [0, 0.1) is 0 Å². The lowest BCUT2D eigenvalue weighted by Gasteiger charge is -2.32. The number of hydrogen-bond acceptors (Lipinski definition) is 4. The number of phenolic OH excluding ortho intramolecular Hbond substituents is 1. The monoisotopic (exact) mass is 278 g/mol. The van der Waals surface area contributed by atoms with Gasteiger partial charge in [0.05, 0.1) is 13.3 Å². The van der Waals surface area contributed by atoms with Crippen molar-refractivity contribution in [2.24, 2.45) is 0 Å². The van der Waals surface area contributed by atoms with Crippen LogP contribution in [0.15, 0.2) is 18.2 Å². The normalized spacial score (nSPS) is 19.1. The van der Waals surface area contributed by atoms with Crippen LogP contribution in [0.4, 0.5) is 0 Å². The van der Waals surface area contributed by atoms with Gasteiger partial charge in [0, 0.05) is 13.6 Å². The van der Waals surface area contributed by atoms with E-state index in [1.54, 1.807) is 24.1 Å². The van der Waals surface area contributed by atoms with Crippen molar-refractivity contribution in [3.8, 4) is 11.5 Å². The van der Waals surface area contributed by atoms with Crippen LogP contribution < -0.4 is 4.74 Å². The fourth-order valence-corrected chi connectivity index (χ4v) is 2.83. The first-order chi connectivity index (χ1) is 9.60. The fraction of sp³-hybridized carbons (Fsp3) is 0.533. The molecule has 0 unspecified atom stereocenters. The number of ether oxygens (including phenoxy) is 1. The smallest absolute Gasteiger partial charge is 0.262 e. The van der Waals surface area contributed by atoms with E-state index in [2.05, 4.69) is 11.8 Å². The first-order valence-corrected chi connectivity index (χ1v) is 6.97. The number of phenols is 1. The van der Waals surface area contributed by atoms with E-state index in [0.29, 0.717) is 5.75 Å². The molecule has 0 aromatic heterocycles. The SMILES string of the molecule is CCN1CCC[C@@H]1N(C)C(=O)c1c(O)cccc1OC. The Labute approximate surface area is 119 Å². The Hall–Kier alpha value is -1.75. The van der Waals surface area contributed by atoms with Gasteiger partial charge in [-0.15, -0.1) is 0 Å². The molecule has 1 fully saturated rings. The van der Waals surface area contributed by atoms with Crippen LogP contribution in [-0.4, -0.2) is 54.2 Å². The molecule has 1 N–H and O–H groups in total. The predicted octanol–water partition coefficient (Wildman–Crippen LogP) is 1.91. The third-order valence-electron chi connectivity index (χ3n) is 3.94. The summed E-state index contributed by atoms with van der Waals surface area (Å²) >= 11 is 0. The first kappa shape index (κ1) is 14.7. The maximum absolute atomic E-state index is 12.7. The average Bonchev–Trinajstić information content (AvgIpc) is 2.93. The van der Waals surface area contributed by atoms with Crippen molar-refractivity contribution in [1.29, 1.82) is 0 Å². The van der Waals surface area contributed by atoms with Crippen molar-refractivity contribution >= 4 is 5.91 Å². The van der Waals surface area contributed by atoms with Crippen LogP contribution >= 0.6 is 0 Å². The molecular weight excluding hydrogens is 256 g/mol. The molecule has 1 heterocycles. The number of likely N-dealkylation sites (tertiary alicyclic amines) is 1. The van der Waals surface area contributed by atoms with Crippen LogP contribution in [-0.2, 0) is 0 Å². The molecule has 0 aliphatic carbocycles. The third kappa shape index (κ3) is 2.58. The zero-order chi connectivity index (χ0) is 14.7. The minimum atomic E-state index is -0.203. The minimum Gasteiger partial charge on any atom is -0.507 e. The highest BCUT2D eigenvalue weighted by Gasteiger charge is 2.32. The van der Waals surface area contributed by atoms with Gasteiger partial charge in [0.1, 0.15) is 17.1 Å². The number of methoxy groups -OCH3 is 1. The highest BCUT2D eigenvalue weighted by Crippen LogP contribution is 2.30. The van der Waals surface area contributed by atoms with Crippen molar-refractivity contribution in [3.63, 3.8) is 0 Å². The molecule has 5 nitrogen and oxygen atoms in total. The molecule has 1 amide bonds. The summed E-state index contributed by atoms with van der Waals surface area (Å²) in [5.74, 6) is 0.162. The van der Waals surface area contributed by atoms with Gasteiger partial charge in [-0.3, -0.25) is 9.69 Å². The summed E-state index contributed by atoms with van der Waals surface area (Å²) in [6.45, 7) is 4.02. The predicted molar refractivity (Wildman–Crippen MR) is 77.0 cm³/mol. The number of aromatic hydroxyl groups is 1. The van der Waals surface area contributed by atoms with Gasteiger partial charge < -0.3 is 14.7 Å². The van der Waals surface area contributed by atoms with E-state index in [-0.39, 0.29) is 23.4 Å². The maximum Gasteiger partial charge on any atom is 0.262 e. The second kappa shape index (κ2) is 6.13. The average molecular weight is 278 g/mol. The Morgan fingerprint density at radius 2 is 2.30 bits per heavy atom. The van der Waals surface area contributed by atoms with Crippen LogP contribution in [0.25, 0.3) is 0 Å². The van der Waals surface area contributed by atoms with Gasteiger partial charge in [-0.2, -0.15) is 0 Å². The van der Waals surface area contributed by atoms with Crippen LogP contribution in [0.3, 0.4) is 0 Å². The summed E-state index contributed by atoms with van der Waals surface area (Å²) in [7, 11) is 3.28. The Morgan fingerprint density at radius 1 is 1.55 bits per heavy atom. The summed E-state index contributed by atoms with van der Waals surface area (Å²) in [4.78, 5) is 16.6. The Kier molecular flexibility index (Phi) is 4.49. The van der Waals surface area contributed by atoms with Crippen LogP contribution in [0.1, 0.15) is 30.1 Å². The molecule has 1 aliphatic heterocycles. The van der Waals surface area contributed by atoms with E-state index in [1.807, 2.05) is 0 Å². The van der Waals surface area contributed by atoms with E-state index >= 15 is 0 Å². The molecular formula is C15H22N2O3. The van der Waals surface area contributed by atoms with Gasteiger partial charge in [0.2, 0.25) is 0 Å². The summed E-state index contributed by atoms with van der Waals surface area (Å²) in [5.41, 5.74) is 0.237. The minimum absolute atomic E-state index is 0.0396. The van der Waals surface area contributed by atoms with Crippen molar-refractivity contribution in [1.82, 2.24) is 9.80 Å². The maximum atomic E-state index is 12.7. The van der Waals surface area contributed by atoms with E-state index < -0.39 is 0 Å². The summed E-state index contributed by atoms with van der Waals surface area (Å²) in [6, 6.07) is 4.86. The van der Waals surface area contributed by atoms with E-state index in [4.69, 9.17) is 4.74 Å². The zero-order valence-corrected chi connectivity index (χ0v) is 12.3. The van der Waals surface area contributed by atoms with Gasteiger partial charge in [0.25, 0.3) is 5.91 Å². The Bertz CT molecular complexity index is 490. The number of rotatable bonds is 4. The molecule has 0 saturated carbocycles. The Balaban J connectivity index is 2.27. The van der Waals surface area contributed by atoms with Crippen molar-refractivity contribution < 1.29 is 14.6 Å². The summed E-state index contributed by atoms with van der Waals surface area (Å²) in [6.07, 6.45) is 2.15. The third-order valence-corrected chi connectivity index (χ3v) is 3.94.